The third-order valence-electron chi connectivity index (χ3n) is 11.2. The molecule has 3 atom stereocenters. The van der Waals surface area contributed by atoms with E-state index in [1.807, 2.05) is 0 Å². The first kappa shape index (κ1) is 30.6. The highest BCUT2D eigenvalue weighted by atomic mass is 19.1. The minimum Gasteiger partial charge on any atom is -0.446 e. The number of hydrogen-bond acceptors (Lipinski definition) is 8. The zero-order chi connectivity index (χ0) is 31.1. The van der Waals surface area contributed by atoms with Crippen molar-refractivity contribution < 1.29 is 28.3 Å². The number of imide groups is 1. The Balaban J connectivity index is 0.933. The number of nitrogens with one attached hydrogen (secondary N) is 4. The van der Waals surface area contributed by atoms with E-state index in [0.29, 0.717) is 17.4 Å². The van der Waals surface area contributed by atoms with Crippen molar-refractivity contribution in [3.05, 3.63) is 34.6 Å². The largest absolute Gasteiger partial charge is 0.446 e. The van der Waals surface area contributed by atoms with Crippen LogP contribution in [0.25, 0.3) is 0 Å². The maximum Gasteiger partial charge on any atom is 0.407 e. The van der Waals surface area contributed by atoms with Gasteiger partial charge in [-0.15, -0.1) is 0 Å². The number of halogens is 1. The van der Waals surface area contributed by atoms with Crippen molar-refractivity contribution in [3.8, 4) is 0 Å². The van der Waals surface area contributed by atoms with Crippen LogP contribution in [0.3, 0.4) is 0 Å². The van der Waals surface area contributed by atoms with Crippen molar-refractivity contribution in [2.45, 2.75) is 120 Å². The van der Waals surface area contributed by atoms with Crippen LogP contribution in [0, 0.1) is 17.7 Å². The Hall–Kier alpha value is -3.09. The van der Waals surface area contributed by atoms with Crippen LogP contribution in [0.15, 0.2) is 12.1 Å². The Labute approximate surface area is 263 Å². The lowest BCUT2D eigenvalue weighted by Crippen LogP contribution is -2.71. The zero-order valence-electron chi connectivity index (χ0n) is 25.9. The van der Waals surface area contributed by atoms with Crippen LogP contribution in [0.1, 0.15) is 105 Å². The number of benzene rings is 1. The van der Waals surface area contributed by atoms with E-state index < -0.39 is 29.8 Å². The quantitative estimate of drug-likeness (QED) is 0.355. The van der Waals surface area contributed by atoms with Crippen molar-refractivity contribution in [1.29, 1.82) is 0 Å². The highest BCUT2D eigenvalue weighted by Crippen LogP contribution is 2.47. The second-order valence-corrected chi connectivity index (χ2v) is 13.8. The maximum atomic E-state index is 15.5. The second-order valence-electron chi connectivity index (χ2n) is 13.8. The number of hydrogen-bond donors (Lipinski definition) is 4. The molecule has 1 aromatic carbocycles. The second kappa shape index (κ2) is 12.6. The molecule has 4 N–H and O–H groups in total. The summed E-state index contributed by atoms with van der Waals surface area (Å²) in [5.74, 6) is -0.993. The van der Waals surface area contributed by atoms with Gasteiger partial charge in [-0.25, -0.2) is 14.2 Å². The number of alkyl carbamates (subject to hydrolysis) is 1. The molecule has 4 amide bonds. The van der Waals surface area contributed by atoms with Gasteiger partial charge in [0.1, 0.15) is 18.0 Å². The third-order valence-corrected chi connectivity index (χ3v) is 11.2. The molecule has 0 spiro atoms. The zero-order valence-corrected chi connectivity index (χ0v) is 25.9. The number of fused-ring (bicyclic) bond motifs is 2. The number of piperidine rings is 2. The molecular weight excluding hydrogens is 579 g/mol. The Morgan fingerprint density at radius 1 is 1.00 bits per heavy atom. The van der Waals surface area contributed by atoms with Gasteiger partial charge in [0.25, 0.3) is 5.91 Å². The van der Waals surface area contributed by atoms with E-state index in [0.717, 1.165) is 25.9 Å². The summed E-state index contributed by atoms with van der Waals surface area (Å²) in [4.78, 5) is 51.0. The molecule has 3 saturated heterocycles. The van der Waals surface area contributed by atoms with Gasteiger partial charge in [-0.3, -0.25) is 30.4 Å². The fourth-order valence-corrected chi connectivity index (χ4v) is 8.88. The Morgan fingerprint density at radius 2 is 1.76 bits per heavy atom. The van der Waals surface area contributed by atoms with Crippen LogP contribution in [0.2, 0.25) is 0 Å². The van der Waals surface area contributed by atoms with Crippen LogP contribution < -0.4 is 21.4 Å². The summed E-state index contributed by atoms with van der Waals surface area (Å²) in [6.07, 6.45) is 12.6. The summed E-state index contributed by atoms with van der Waals surface area (Å²) in [6.45, 7) is 2.01. The average molecular weight is 625 g/mol. The van der Waals surface area contributed by atoms with Crippen LogP contribution >= 0.6 is 0 Å². The van der Waals surface area contributed by atoms with E-state index in [1.165, 1.54) is 62.7 Å². The molecule has 11 nitrogen and oxygen atoms in total. The SMILES string of the molecule is O=C1CCC(N2Cc3ccc(CNC(=O)OC4CC(N5NCC6CCCNC65C5CCCCCCC5)C4)c(F)c3C2=O)C(=O)N1. The maximum absolute atomic E-state index is 15.5. The molecule has 1 aromatic rings. The van der Waals surface area contributed by atoms with E-state index in [2.05, 4.69) is 26.4 Å². The average Bonchev–Trinajstić information content (AvgIpc) is 3.53. The predicted molar refractivity (Wildman–Crippen MR) is 162 cm³/mol. The van der Waals surface area contributed by atoms with Gasteiger partial charge in [-0.05, 0) is 50.1 Å². The lowest BCUT2D eigenvalue weighted by atomic mass is 9.71. The van der Waals surface area contributed by atoms with Crippen LogP contribution in [-0.4, -0.2) is 70.7 Å². The lowest BCUT2D eigenvalue weighted by Gasteiger charge is -2.55. The van der Waals surface area contributed by atoms with Crippen molar-refractivity contribution in [2.75, 3.05) is 13.1 Å². The van der Waals surface area contributed by atoms with Crippen molar-refractivity contribution >= 4 is 23.8 Å². The summed E-state index contributed by atoms with van der Waals surface area (Å²) < 4.78 is 21.2. The molecule has 12 heteroatoms. The number of hydrazine groups is 1. The highest BCUT2D eigenvalue weighted by molar-refractivity contribution is 6.05. The van der Waals surface area contributed by atoms with Crippen molar-refractivity contribution in [1.82, 2.24) is 31.3 Å². The first-order valence-corrected chi connectivity index (χ1v) is 17.0. The Bertz CT molecular complexity index is 1340. The lowest BCUT2D eigenvalue weighted by molar-refractivity contribution is -0.136. The van der Waals surface area contributed by atoms with E-state index in [4.69, 9.17) is 4.74 Å². The molecule has 45 heavy (non-hydrogen) atoms. The molecule has 4 heterocycles. The van der Waals surface area contributed by atoms with E-state index in [9.17, 15) is 19.2 Å². The normalized spacial score (nSPS) is 32.6. The topological polar surface area (TPSA) is 132 Å². The summed E-state index contributed by atoms with van der Waals surface area (Å²) in [5, 5.41) is 11.4. The van der Waals surface area contributed by atoms with E-state index >= 15 is 4.39 Å². The van der Waals surface area contributed by atoms with Crippen LogP contribution in [0.4, 0.5) is 9.18 Å². The van der Waals surface area contributed by atoms with Gasteiger partial charge in [0.2, 0.25) is 11.8 Å². The summed E-state index contributed by atoms with van der Waals surface area (Å²) in [5.41, 5.74) is 4.31. The number of nitrogens with zero attached hydrogens (tertiary/aromatic N) is 2. The van der Waals surface area contributed by atoms with Gasteiger partial charge in [-0.1, -0.05) is 44.2 Å². The predicted octanol–water partition coefficient (Wildman–Crippen LogP) is 3.22. The minimum atomic E-state index is -0.813. The number of carbonyl (C=O) groups excluding carboxylic acids is 4. The molecule has 0 bridgehead atoms. The monoisotopic (exact) mass is 624 g/mol. The van der Waals surface area contributed by atoms with Gasteiger partial charge in [0, 0.05) is 56.4 Å². The van der Waals surface area contributed by atoms with Crippen molar-refractivity contribution in [2.24, 2.45) is 11.8 Å². The van der Waals surface area contributed by atoms with Crippen molar-refractivity contribution in [3.63, 3.8) is 0 Å². The standard InChI is InChI=1S/C33H45FN6O5/c34-29-20(10-11-21-19-39(31(43)28(21)29)26-12-13-27(41)38-30(26)42)17-35-32(44)45-25-15-24(16-25)40-33(22-7-4-2-1-3-5-8-22)23(18-37-40)9-6-14-36-33/h10-11,22-26,36-37H,1-9,12-19H2,(H,35,44)(H,38,41,42). The molecule has 2 saturated carbocycles. The fourth-order valence-electron chi connectivity index (χ4n) is 8.88. The van der Waals surface area contributed by atoms with Crippen LogP contribution in [0.5, 0.6) is 0 Å². The first-order chi connectivity index (χ1) is 21.8. The summed E-state index contributed by atoms with van der Waals surface area (Å²) in [6, 6.07) is 2.68. The van der Waals surface area contributed by atoms with E-state index in [-0.39, 0.29) is 60.8 Å². The molecule has 5 fully saturated rings. The Morgan fingerprint density at radius 3 is 2.53 bits per heavy atom. The third kappa shape index (κ3) is 5.63. The van der Waals surface area contributed by atoms with Gasteiger partial charge in [0.15, 0.2) is 0 Å². The molecule has 2 aliphatic carbocycles. The number of rotatable bonds is 6. The molecule has 0 radical (unpaired) electrons. The minimum absolute atomic E-state index is 0.0240. The Kier molecular flexibility index (Phi) is 8.56. The van der Waals surface area contributed by atoms with Gasteiger partial charge in [-0.2, -0.15) is 0 Å². The molecule has 7 rings (SSSR count). The first-order valence-electron chi connectivity index (χ1n) is 17.0. The fraction of sp³-hybridized carbons (Fsp3) is 0.697. The molecule has 4 aliphatic heterocycles. The molecule has 0 aromatic heterocycles. The molecule has 244 valence electrons. The number of carbonyl (C=O) groups is 4. The molecule has 6 aliphatic rings. The van der Waals surface area contributed by atoms with Crippen LogP contribution in [-0.2, 0) is 27.4 Å². The van der Waals surface area contributed by atoms with Gasteiger partial charge < -0.3 is 15.0 Å². The van der Waals surface area contributed by atoms with E-state index in [1.54, 1.807) is 12.1 Å². The smallest absolute Gasteiger partial charge is 0.407 e. The van der Waals surface area contributed by atoms with Gasteiger partial charge in [0.05, 0.1) is 11.2 Å². The summed E-state index contributed by atoms with van der Waals surface area (Å²) in [7, 11) is 0. The van der Waals surface area contributed by atoms with Gasteiger partial charge >= 0.3 is 6.09 Å². The highest BCUT2D eigenvalue weighted by Gasteiger charge is 2.58. The summed E-state index contributed by atoms with van der Waals surface area (Å²) >= 11 is 0. The molecule has 3 unspecified atom stereocenters. The number of ether oxygens (including phenoxy) is 1. The molecular formula is C33H45FN6O5. The number of amides is 4.